The van der Waals surface area contributed by atoms with Gasteiger partial charge in [0, 0.05) is 22.5 Å². The highest BCUT2D eigenvalue weighted by Crippen LogP contribution is 2.19. The first-order valence-corrected chi connectivity index (χ1v) is 7.35. The Morgan fingerprint density at radius 2 is 1.81 bits per heavy atom. The van der Waals surface area contributed by atoms with Crippen LogP contribution >= 0.6 is 23.8 Å². The van der Waals surface area contributed by atoms with E-state index in [1.54, 1.807) is 0 Å². The topological polar surface area (TPSA) is 17.8 Å². The predicted octanol–water partition coefficient (Wildman–Crippen LogP) is 5.23. The van der Waals surface area contributed by atoms with E-state index < -0.39 is 0 Å². The average Bonchev–Trinajstić information content (AvgIpc) is 2.48. The number of hydrogen-bond donors (Lipinski definition) is 0. The molecule has 1 aromatic heterocycles. The third-order valence-electron chi connectivity index (χ3n) is 3.24. The standard InChI is InChI=1S/C17H13ClN2S/c1-12-5-7-13(8-6-12)16-9-10-20(17(21)19-16)15-4-2-3-14(18)11-15/h2-11H,1H3. The molecule has 0 saturated heterocycles. The van der Waals surface area contributed by atoms with Gasteiger partial charge in [0.05, 0.1) is 5.69 Å². The van der Waals surface area contributed by atoms with Gasteiger partial charge in [-0.25, -0.2) is 4.98 Å². The lowest BCUT2D eigenvalue weighted by Crippen LogP contribution is -1.99. The summed E-state index contributed by atoms with van der Waals surface area (Å²) in [6.45, 7) is 2.06. The van der Waals surface area contributed by atoms with Crippen LogP contribution in [0.2, 0.25) is 5.02 Å². The maximum Gasteiger partial charge on any atom is 0.204 e. The van der Waals surface area contributed by atoms with E-state index in [4.69, 9.17) is 23.8 Å². The van der Waals surface area contributed by atoms with Crippen LogP contribution in [0.15, 0.2) is 60.8 Å². The summed E-state index contributed by atoms with van der Waals surface area (Å²) in [6, 6.07) is 17.7. The third-order valence-corrected chi connectivity index (χ3v) is 3.76. The summed E-state index contributed by atoms with van der Waals surface area (Å²) in [5.41, 5.74) is 4.07. The molecular weight excluding hydrogens is 300 g/mol. The van der Waals surface area contributed by atoms with Crippen molar-refractivity contribution in [2.45, 2.75) is 6.92 Å². The molecule has 0 N–H and O–H groups in total. The van der Waals surface area contributed by atoms with Gasteiger partial charge >= 0.3 is 0 Å². The Kier molecular flexibility index (Phi) is 3.86. The van der Waals surface area contributed by atoms with Crippen LogP contribution in [-0.4, -0.2) is 9.55 Å². The fourth-order valence-corrected chi connectivity index (χ4v) is 2.56. The monoisotopic (exact) mass is 312 g/mol. The second-order valence-corrected chi connectivity index (χ2v) is 5.61. The highest BCUT2D eigenvalue weighted by atomic mass is 35.5. The number of hydrogen-bond acceptors (Lipinski definition) is 2. The van der Waals surface area contributed by atoms with Crippen LogP contribution < -0.4 is 0 Å². The first-order valence-electron chi connectivity index (χ1n) is 6.56. The van der Waals surface area contributed by atoms with Crippen LogP contribution in [0.3, 0.4) is 0 Å². The molecule has 4 heteroatoms. The van der Waals surface area contributed by atoms with Gasteiger partial charge in [-0.1, -0.05) is 47.5 Å². The van der Waals surface area contributed by atoms with Gasteiger partial charge < -0.3 is 0 Å². The van der Waals surface area contributed by atoms with Gasteiger partial charge in [0.25, 0.3) is 0 Å². The lowest BCUT2D eigenvalue weighted by molar-refractivity contribution is 0.960. The van der Waals surface area contributed by atoms with Crippen molar-refractivity contribution in [3.05, 3.63) is 76.2 Å². The molecule has 0 bridgehead atoms. The first kappa shape index (κ1) is 14.0. The summed E-state index contributed by atoms with van der Waals surface area (Å²) in [5.74, 6) is 0. The second-order valence-electron chi connectivity index (χ2n) is 4.81. The van der Waals surface area contributed by atoms with Crippen molar-refractivity contribution in [1.29, 1.82) is 0 Å². The fourth-order valence-electron chi connectivity index (χ4n) is 2.11. The SMILES string of the molecule is Cc1ccc(-c2ccn(-c3cccc(Cl)c3)c(=S)n2)cc1. The van der Waals surface area contributed by atoms with Crippen LogP contribution in [0.25, 0.3) is 16.9 Å². The molecule has 0 saturated carbocycles. The first-order chi connectivity index (χ1) is 10.1. The number of aryl methyl sites for hydroxylation is 1. The molecule has 104 valence electrons. The van der Waals surface area contributed by atoms with Crippen molar-refractivity contribution in [2.24, 2.45) is 0 Å². The van der Waals surface area contributed by atoms with E-state index in [9.17, 15) is 0 Å². The van der Waals surface area contributed by atoms with Crippen LogP contribution in [0, 0.1) is 11.7 Å². The van der Waals surface area contributed by atoms with Gasteiger partial charge in [-0.2, -0.15) is 0 Å². The quantitative estimate of drug-likeness (QED) is 0.603. The largest absolute Gasteiger partial charge is 0.293 e. The van der Waals surface area contributed by atoms with E-state index in [2.05, 4.69) is 36.2 Å². The van der Waals surface area contributed by atoms with Crippen molar-refractivity contribution in [3.8, 4) is 16.9 Å². The molecule has 0 fully saturated rings. The average molecular weight is 313 g/mol. The number of rotatable bonds is 2. The minimum atomic E-state index is 0.510. The highest BCUT2D eigenvalue weighted by Gasteiger charge is 2.03. The van der Waals surface area contributed by atoms with E-state index >= 15 is 0 Å². The van der Waals surface area contributed by atoms with E-state index in [1.807, 2.05) is 41.1 Å². The molecule has 2 nitrogen and oxygen atoms in total. The van der Waals surface area contributed by atoms with Crippen molar-refractivity contribution in [3.63, 3.8) is 0 Å². The van der Waals surface area contributed by atoms with Crippen molar-refractivity contribution < 1.29 is 0 Å². The lowest BCUT2D eigenvalue weighted by atomic mass is 10.1. The normalized spacial score (nSPS) is 10.6. The van der Waals surface area contributed by atoms with Crippen LogP contribution in [-0.2, 0) is 0 Å². The summed E-state index contributed by atoms with van der Waals surface area (Å²) in [4.78, 5) is 4.51. The Hall–Kier alpha value is -1.97. The molecule has 0 atom stereocenters. The minimum Gasteiger partial charge on any atom is -0.293 e. The molecule has 0 spiro atoms. The van der Waals surface area contributed by atoms with Crippen molar-refractivity contribution in [1.82, 2.24) is 9.55 Å². The van der Waals surface area contributed by atoms with Gasteiger partial charge in [-0.3, -0.25) is 4.57 Å². The maximum absolute atomic E-state index is 6.02. The zero-order valence-electron chi connectivity index (χ0n) is 11.5. The predicted molar refractivity (Wildman–Crippen MR) is 89.6 cm³/mol. The molecule has 0 unspecified atom stereocenters. The Morgan fingerprint density at radius 3 is 2.48 bits per heavy atom. The zero-order valence-corrected chi connectivity index (χ0v) is 13.0. The Morgan fingerprint density at radius 1 is 1.05 bits per heavy atom. The molecular formula is C17H13ClN2S. The number of benzene rings is 2. The number of aromatic nitrogens is 2. The molecule has 1 heterocycles. The molecule has 0 amide bonds. The summed E-state index contributed by atoms with van der Waals surface area (Å²) >= 11 is 11.4. The van der Waals surface area contributed by atoms with Gasteiger partial charge in [-0.05, 0) is 43.4 Å². The summed E-state index contributed by atoms with van der Waals surface area (Å²) in [5, 5.41) is 0.678. The van der Waals surface area contributed by atoms with E-state index in [0.717, 1.165) is 16.9 Å². The molecule has 0 aliphatic heterocycles. The van der Waals surface area contributed by atoms with Gasteiger partial charge in [0.15, 0.2) is 0 Å². The lowest BCUT2D eigenvalue weighted by Gasteiger charge is -2.08. The van der Waals surface area contributed by atoms with Crippen LogP contribution in [0.4, 0.5) is 0 Å². The fraction of sp³-hybridized carbons (Fsp3) is 0.0588. The van der Waals surface area contributed by atoms with E-state index in [0.29, 0.717) is 9.79 Å². The number of halogens is 1. The molecule has 21 heavy (non-hydrogen) atoms. The summed E-state index contributed by atoms with van der Waals surface area (Å²) < 4.78 is 2.36. The van der Waals surface area contributed by atoms with E-state index in [1.165, 1.54) is 5.56 Å². The molecule has 0 radical (unpaired) electrons. The summed E-state index contributed by atoms with van der Waals surface area (Å²) in [6.07, 6.45) is 1.93. The Balaban J connectivity index is 2.04. The molecule has 0 aliphatic rings. The number of nitrogens with zero attached hydrogens (tertiary/aromatic N) is 2. The van der Waals surface area contributed by atoms with Gasteiger partial charge in [0.2, 0.25) is 4.77 Å². The Bertz CT molecular complexity index is 838. The molecule has 3 aromatic rings. The highest BCUT2D eigenvalue weighted by molar-refractivity contribution is 7.71. The zero-order chi connectivity index (χ0) is 14.8. The van der Waals surface area contributed by atoms with Gasteiger partial charge in [0.1, 0.15) is 0 Å². The summed E-state index contributed by atoms with van der Waals surface area (Å²) in [7, 11) is 0. The third kappa shape index (κ3) is 3.04. The minimum absolute atomic E-state index is 0.510. The molecule has 2 aromatic carbocycles. The Labute approximate surface area is 133 Å². The van der Waals surface area contributed by atoms with Crippen LogP contribution in [0.5, 0.6) is 0 Å². The second kappa shape index (κ2) is 5.80. The molecule has 3 rings (SSSR count). The van der Waals surface area contributed by atoms with Crippen LogP contribution in [0.1, 0.15) is 5.56 Å². The smallest absolute Gasteiger partial charge is 0.204 e. The van der Waals surface area contributed by atoms with Gasteiger partial charge in [-0.15, -0.1) is 0 Å². The van der Waals surface area contributed by atoms with Crippen molar-refractivity contribution >= 4 is 23.8 Å². The van der Waals surface area contributed by atoms with E-state index in [-0.39, 0.29) is 0 Å². The van der Waals surface area contributed by atoms with Crippen molar-refractivity contribution in [2.75, 3.05) is 0 Å². The maximum atomic E-state index is 6.02. The molecule has 0 aliphatic carbocycles.